The lowest BCUT2D eigenvalue weighted by atomic mass is 13.8. The first kappa shape index (κ1) is 7.15. The summed E-state index contributed by atoms with van der Waals surface area (Å²) in [6.07, 6.45) is 0. The highest BCUT2D eigenvalue weighted by Crippen LogP contribution is 2.01. The SMILES string of the molecule is O=S(=O)(O)SNF. The van der Waals surface area contributed by atoms with Gasteiger partial charge in [0.1, 0.15) is 11.0 Å². The molecule has 0 aliphatic heterocycles. The lowest BCUT2D eigenvalue weighted by molar-refractivity contribution is 0.462. The highest BCUT2D eigenvalue weighted by atomic mass is 33.2. The van der Waals surface area contributed by atoms with Crippen LogP contribution in [0.3, 0.4) is 0 Å². The quantitative estimate of drug-likeness (QED) is 0.247. The number of halogens is 1. The molecule has 0 fully saturated rings. The molecule has 0 aromatic rings. The largest absolute Gasteiger partial charge is 0.336 e. The van der Waals surface area contributed by atoms with Crippen molar-refractivity contribution in [3.05, 3.63) is 0 Å². The maximum atomic E-state index is 10.7. The summed E-state index contributed by atoms with van der Waals surface area (Å²) in [5, 5.41) is 0. The molecule has 0 unspecified atom stereocenters. The van der Waals surface area contributed by atoms with Gasteiger partial charge in [-0.2, -0.15) is 8.42 Å². The molecule has 7 heavy (non-hydrogen) atoms. The van der Waals surface area contributed by atoms with Crippen LogP contribution >= 0.6 is 11.0 Å². The Morgan fingerprint density at radius 1 is 1.71 bits per heavy atom. The Balaban J connectivity index is 3.60. The number of hydrogen-bond donors (Lipinski definition) is 2. The second-order valence-corrected chi connectivity index (χ2v) is 3.53. The Bertz CT molecular complexity index is 126. The van der Waals surface area contributed by atoms with Gasteiger partial charge in [0.15, 0.2) is 0 Å². The van der Waals surface area contributed by atoms with E-state index in [1.807, 2.05) is 0 Å². The predicted molar refractivity (Wildman–Crippen MR) is 23.4 cm³/mol. The van der Waals surface area contributed by atoms with Crippen LogP contribution in [0.2, 0.25) is 0 Å². The van der Waals surface area contributed by atoms with E-state index in [9.17, 15) is 12.9 Å². The van der Waals surface area contributed by atoms with Crippen LogP contribution in [0.25, 0.3) is 0 Å². The zero-order valence-electron chi connectivity index (χ0n) is 2.96. The number of nitrogens with one attached hydrogen (secondary N) is 1. The van der Waals surface area contributed by atoms with Gasteiger partial charge in [-0.15, -0.1) is 4.48 Å². The molecule has 4 nitrogen and oxygen atoms in total. The van der Waals surface area contributed by atoms with Crippen LogP contribution in [-0.4, -0.2) is 13.0 Å². The molecule has 0 atom stereocenters. The summed E-state index contributed by atoms with van der Waals surface area (Å²) in [5.41, 5.74) is 0. The highest BCUT2D eigenvalue weighted by Gasteiger charge is 2.01. The summed E-state index contributed by atoms with van der Waals surface area (Å²) >= 11 is 0. The second kappa shape index (κ2) is 2.46. The third-order valence-corrected chi connectivity index (χ3v) is 1.23. The first-order valence-corrected chi connectivity index (χ1v) is 3.85. The molecule has 0 amide bonds. The number of rotatable bonds is 2. The molecular weight excluding hydrogens is 145 g/mol. The van der Waals surface area contributed by atoms with E-state index >= 15 is 0 Å². The van der Waals surface area contributed by atoms with Crippen LogP contribution in [0.5, 0.6) is 0 Å². The fraction of sp³-hybridized carbons (Fsp3) is 0. The van der Waals surface area contributed by atoms with E-state index in [2.05, 4.69) is 0 Å². The van der Waals surface area contributed by atoms with Crippen molar-refractivity contribution in [3.8, 4) is 0 Å². The first-order valence-electron chi connectivity index (χ1n) is 1.08. The smallest absolute Gasteiger partial charge is 0.276 e. The summed E-state index contributed by atoms with van der Waals surface area (Å²) in [7, 11) is -4.64. The molecule has 0 radical (unpaired) electrons. The predicted octanol–water partition coefficient (Wildman–Crippen LogP) is -0.0885. The molecule has 0 saturated heterocycles. The van der Waals surface area contributed by atoms with Crippen molar-refractivity contribution in [1.29, 1.82) is 0 Å². The zero-order chi connectivity index (χ0) is 5.91. The average molecular weight is 147 g/mol. The Kier molecular flexibility index (Phi) is 2.51. The molecule has 0 aliphatic rings. The van der Waals surface area contributed by atoms with E-state index in [0.717, 1.165) is 0 Å². The molecule has 0 heterocycles. The monoisotopic (exact) mass is 147 g/mol. The van der Waals surface area contributed by atoms with Gasteiger partial charge in [0, 0.05) is 0 Å². The van der Waals surface area contributed by atoms with Crippen molar-refractivity contribution in [2.75, 3.05) is 0 Å². The van der Waals surface area contributed by atoms with Crippen molar-refractivity contribution < 1.29 is 17.5 Å². The molecule has 44 valence electrons. The Morgan fingerprint density at radius 3 is 2.14 bits per heavy atom. The van der Waals surface area contributed by atoms with Crippen LogP contribution in [-0.2, 0) is 9.15 Å². The van der Waals surface area contributed by atoms with Gasteiger partial charge in [-0.1, -0.05) is 4.94 Å². The van der Waals surface area contributed by atoms with E-state index in [-0.39, 0.29) is 0 Å². The summed E-state index contributed by atoms with van der Waals surface area (Å²) in [5.74, 6) is 0. The standard InChI is InChI=1S/FH2NO3S2/c1-2-6-7(3,4)5/h2H,(H,3,4,5). The van der Waals surface area contributed by atoms with Crippen molar-refractivity contribution in [2.24, 2.45) is 0 Å². The summed E-state index contributed by atoms with van der Waals surface area (Å²) in [4.78, 5) is 0.686. The van der Waals surface area contributed by atoms with E-state index in [0.29, 0.717) is 4.94 Å². The molecule has 0 rings (SSSR count). The van der Waals surface area contributed by atoms with E-state index in [4.69, 9.17) is 4.55 Å². The van der Waals surface area contributed by atoms with Gasteiger partial charge in [0.2, 0.25) is 0 Å². The fourth-order valence-electron chi connectivity index (χ4n) is 0.0398. The van der Waals surface area contributed by atoms with Crippen molar-refractivity contribution >= 4 is 20.1 Å². The highest BCUT2D eigenvalue weighted by molar-refractivity contribution is 8.69. The summed E-state index contributed by atoms with van der Waals surface area (Å²) in [6.45, 7) is 0. The summed E-state index contributed by atoms with van der Waals surface area (Å²) in [6, 6.07) is 0. The van der Waals surface area contributed by atoms with Gasteiger partial charge in [0.05, 0.1) is 0 Å². The maximum Gasteiger partial charge on any atom is 0.336 e. The van der Waals surface area contributed by atoms with Crippen molar-refractivity contribution in [1.82, 2.24) is 4.94 Å². The molecule has 0 saturated carbocycles. The van der Waals surface area contributed by atoms with Gasteiger partial charge < -0.3 is 0 Å². The second-order valence-electron chi connectivity index (χ2n) is 0.588. The minimum absolute atomic E-state index is 0.400. The third-order valence-electron chi connectivity index (χ3n) is 0.137. The van der Waals surface area contributed by atoms with Crippen molar-refractivity contribution in [2.45, 2.75) is 0 Å². The number of hydrogen-bond acceptors (Lipinski definition) is 4. The van der Waals surface area contributed by atoms with E-state index in [1.165, 1.54) is 0 Å². The lowest BCUT2D eigenvalue weighted by Crippen LogP contribution is -1.95. The van der Waals surface area contributed by atoms with Gasteiger partial charge in [-0.05, 0) is 0 Å². The normalized spacial score (nSPS) is 11.7. The summed E-state index contributed by atoms with van der Waals surface area (Å²) < 4.78 is 37.2. The van der Waals surface area contributed by atoms with Crippen LogP contribution < -0.4 is 4.94 Å². The van der Waals surface area contributed by atoms with Gasteiger partial charge >= 0.3 is 9.15 Å². The van der Waals surface area contributed by atoms with Gasteiger partial charge in [0.25, 0.3) is 0 Å². The van der Waals surface area contributed by atoms with E-state index < -0.39 is 20.1 Å². The molecule has 2 N–H and O–H groups in total. The molecule has 0 aromatic heterocycles. The van der Waals surface area contributed by atoms with Crippen LogP contribution in [0.15, 0.2) is 0 Å². The molecule has 7 heteroatoms. The Morgan fingerprint density at radius 2 is 2.14 bits per heavy atom. The van der Waals surface area contributed by atoms with Crippen LogP contribution in [0, 0.1) is 0 Å². The topological polar surface area (TPSA) is 66.4 Å². The van der Waals surface area contributed by atoms with Crippen molar-refractivity contribution in [3.63, 3.8) is 0 Å². The third kappa shape index (κ3) is 6.15. The molecule has 0 spiro atoms. The van der Waals surface area contributed by atoms with Gasteiger partial charge in [-0.3, -0.25) is 4.55 Å². The molecule has 0 bridgehead atoms. The van der Waals surface area contributed by atoms with Gasteiger partial charge in [-0.25, -0.2) is 0 Å². The molecular formula is H2FNO3S2. The molecule has 0 aliphatic carbocycles. The zero-order valence-corrected chi connectivity index (χ0v) is 4.59. The average Bonchev–Trinajstić information content (AvgIpc) is 1.30. The fourth-order valence-corrected chi connectivity index (χ4v) is 0.358. The van der Waals surface area contributed by atoms with Crippen LogP contribution in [0.1, 0.15) is 0 Å². The Hall–Kier alpha value is 0.150. The van der Waals surface area contributed by atoms with E-state index in [1.54, 1.807) is 0 Å². The minimum Gasteiger partial charge on any atom is -0.276 e. The maximum absolute atomic E-state index is 10.7. The van der Waals surface area contributed by atoms with Crippen LogP contribution in [0.4, 0.5) is 4.48 Å². The lowest BCUT2D eigenvalue weighted by Gasteiger charge is -1.83. The first-order chi connectivity index (χ1) is 3.06. The Labute approximate surface area is 43.3 Å². The minimum atomic E-state index is -4.24. The molecule has 0 aromatic carbocycles.